The Hall–Kier alpha value is -2.81. The molecule has 0 aliphatic rings. The largest absolute Gasteiger partial charge is 0.493 e. The predicted molar refractivity (Wildman–Crippen MR) is 81.2 cm³/mol. The summed E-state index contributed by atoms with van der Waals surface area (Å²) in [5, 5.41) is 10.9. The molecule has 1 atom stereocenters. The van der Waals surface area contributed by atoms with Crippen LogP contribution >= 0.6 is 0 Å². The van der Waals surface area contributed by atoms with Crippen LogP contribution in [0.15, 0.2) is 42.6 Å². The van der Waals surface area contributed by atoms with E-state index in [1.807, 2.05) is 5.32 Å². The molecule has 2 rings (SSSR count). The second kappa shape index (κ2) is 7.84. The van der Waals surface area contributed by atoms with E-state index in [0.29, 0.717) is 17.1 Å². The van der Waals surface area contributed by atoms with Crippen molar-refractivity contribution >= 4 is 5.91 Å². The number of aromatic nitrogens is 1. The molecule has 0 spiro atoms. The van der Waals surface area contributed by atoms with Crippen LogP contribution in [0, 0.1) is 0 Å². The summed E-state index contributed by atoms with van der Waals surface area (Å²) in [6, 6.07) is 9.81. The third-order valence-corrected chi connectivity index (χ3v) is 3.14. The SMILES string of the molecule is COc1ccccc1Oc1ncccc1CNC(=O)[C@@H](O)C(F)(F)F. The van der Waals surface area contributed by atoms with Gasteiger partial charge in [-0.05, 0) is 18.2 Å². The van der Waals surface area contributed by atoms with Crippen LogP contribution in [0.25, 0.3) is 0 Å². The van der Waals surface area contributed by atoms with E-state index in [0.717, 1.165) is 0 Å². The van der Waals surface area contributed by atoms with Gasteiger partial charge in [0.15, 0.2) is 11.5 Å². The van der Waals surface area contributed by atoms with Gasteiger partial charge in [0.05, 0.1) is 7.11 Å². The number of pyridine rings is 1. The van der Waals surface area contributed by atoms with E-state index in [-0.39, 0.29) is 12.4 Å². The number of aliphatic hydroxyl groups is 1. The lowest BCUT2D eigenvalue weighted by atomic mass is 10.2. The minimum atomic E-state index is -5.03. The molecule has 0 radical (unpaired) electrons. The lowest BCUT2D eigenvalue weighted by Crippen LogP contribution is -2.43. The number of hydrogen-bond acceptors (Lipinski definition) is 5. The van der Waals surface area contributed by atoms with Gasteiger partial charge in [-0.1, -0.05) is 18.2 Å². The molecule has 1 aromatic carbocycles. The number of hydrogen-bond donors (Lipinski definition) is 2. The summed E-state index contributed by atoms with van der Waals surface area (Å²) >= 11 is 0. The number of ether oxygens (including phenoxy) is 2. The van der Waals surface area contributed by atoms with Crippen LogP contribution in [0.5, 0.6) is 17.4 Å². The van der Waals surface area contributed by atoms with Crippen molar-refractivity contribution in [3.8, 4) is 17.4 Å². The number of carbonyl (C=O) groups excluding carboxylic acids is 1. The van der Waals surface area contributed by atoms with Crippen molar-refractivity contribution in [2.45, 2.75) is 18.8 Å². The average molecular weight is 356 g/mol. The molecule has 0 aliphatic carbocycles. The highest BCUT2D eigenvalue weighted by atomic mass is 19.4. The number of amides is 1. The minimum Gasteiger partial charge on any atom is -0.493 e. The van der Waals surface area contributed by atoms with Crippen LogP contribution in [0.2, 0.25) is 0 Å². The van der Waals surface area contributed by atoms with Crippen LogP contribution in [0.1, 0.15) is 5.56 Å². The first-order chi connectivity index (χ1) is 11.8. The number of aliphatic hydroxyl groups excluding tert-OH is 1. The number of alkyl halides is 3. The quantitative estimate of drug-likeness (QED) is 0.831. The van der Waals surface area contributed by atoms with Crippen molar-refractivity contribution in [1.82, 2.24) is 10.3 Å². The summed E-state index contributed by atoms with van der Waals surface area (Å²) < 4.78 is 47.7. The van der Waals surface area contributed by atoms with E-state index >= 15 is 0 Å². The van der Waals surface area contributed by atoms with Gasteiger partial charge in [-0.25, -0.2) is 4.98 Å². The Kier molecular flexibility index (Phi) is 5.81. The number of para-hydroxylation sites is 2. The normalized spacial score (nSPS) is 12.4. The average Bonchev–Trinajstić information content (AvgIpc) is 2.59. The van der Waals surface area contributed by atoms with E-state index in [2.05, 4.69) is 4.98 Å². The standard InChI is InChI=1S/C16H15F3N2O4/c1-24-11-6-2-3-7-12(11)25-15-10(5-4-8-20-15)9-21-14(23)13(22)16(17,18)19/h2-8,13,22H,9H2,1H3,(H,21,23)/t13-/m1/s1. The molecule has 0 bridgehead atoms. The van der Waals surface area contributed by atoms with Crippen molar-refractivity contribution in [3.05, 3.63) is 48.2 Å². The maximum absolute atomic E-state index is 12.3. The molecule has 2 aromatic rings. The van der Waals surface area contributed by atoms with Crippen molar-refractivity contribution in [2.75, 3.05) is 7.11 Å². The molecular formula is C16H15F3N2O4. The second-order valence-electron chi connectivity index (χ2n) is 4.88. The zero-order valence-corrected chi connectivity index (χ0v) is 13.1. The monoisotopic (exact) mass is 356 g/mol. The van der Waals surface area contributed by atoms with E-state index in [1.54, 1.807) is 24.3 Å². The Labute approximate surface area is 141 Å². The van der Waals surface area contributed by atoms with Crippen molar-refractivity contribution in [1.29, 1.82) is 0 Å². The summed E-state index contributed by atoms with van der Waals surface area (Å²) in [7, 11) is 1.46. The molecule has 1 amide bonds. The highest BCUT2D eigenvalue weighted by Gasteiger charge is 2.43. The predicted octanol–water partition coefficient (Wildman–Crippen LogP) is 2.42. The lowest BCUT2D eigenvalue weighted by molar-refractivity contribution is -0.205. The minimum absolute atomic E-state index is 0.0915. The Morgan fingerprint density at radius 1 is 1.24 bits per heavy atom. The number of nitrogens with zero attached hydrogens (tertiary/aromatic N) is 1. The smallest absolute Gasteiger partial charge is 0.423 e. The van der Waals surface area contributed by atoms with E-state index in [9.17, 15) is 18.0 Å². The van der Waals surface area contributed by atoms with Crippen molar-refractivity contribution < 1.29 is 32.5 Å². The van der Waals surface area contributed by atoms with E-state index < -0.39 is 18.2 Å². The van der Waals surface area contributed by atoms with Crippen LogP contribution in [0.3, 0.4) is 0 Å². The first-order valence-electron chi connectivity index (χ1n) is 7.10. The van der Waals surface area contributed by atoms with E-state index in [4.69, 9.17) is 14.6 Å². The Morgan fingerprint density at radius 3 is 2.56 bits per heavy atom. The number of carbonyl (C=O) groups is 1. The van der Waals surface area contributed by atoms with Gasteiger partial charge in [-0.15, -0.1) is 0 Å². The Bertz CT molecular complexity index is 737. The third kappa shape index (κ3) is 4.83. The molecule has 0 unspecified atom stereocenters. The molecule has 0 fully saturated rings. The summed E-state index contributed by atoms with van der Waals surface area (Å²) in [6.07, 6.45) is -6.70. The summed E-state index contributed by atoms with van der Waals surface area (Å²) in [4.78, 5) is 15.4. The summed E-state index contributed by atoms with van der Waals surface area (Å²) in [6.45, 7) is -0.301. The number of methoxy groups -OCH3 is 1. The molecule has 1 aromatic heterocycles. The van der Waals surface area contributed by atoms with Gasteiger partial charge in [0.25, 0.3) is 5.91 Å². The zero-order valence-electron chi connectivity index (χ0n) is 13.1. The number of halogens is 3. The summed E-state index contributed by atoms with van der Waals surface area (Å²) in [5.41, 5.74) is 0.330. The van der Waals surface area contributed by atoms with Gasteiger partial charge in [0.1, 0.15) is 0 Å². The fraction of sp³-hybridized carbons (Fsp3) is 0.250. The van der Waals surface area contributed by atoms with Crippen LogP contribution in [-0.2, 0) is 11.3 Å². The van der Waals surface area contributed by atoms with Gasteiger partial charge >= 0.3 is 6.18 Å². The Balaban J connectivity index is 2.12. The molecule has 0 saturated heterocycles. The molecule has 9 heteroatoms. The molecule has 25 heavy (non-hydrogen) atoms. The van der Waals surface area contributed by atoms with Crippen molar-refractivity contribution in [3.63, 3.8) is 0 Å². The second-order valence-corrected chi connectivity index (χ2v) is 4.88. The third-order valence-electron chi connectivity index (χ3n) is 3.14. The van der Waals surface area contributed by atoms with Gasteiger partial charge in [-0.3, -0.25) is 4.79 Å². The molecule has 6 nitrogen and oxygen atoms in total. The maximum atomic E-state index is 12.3. The van der Waals surface area contributed by atoms with Gasteiger partial charge in [0.2, 0.25) is 12.0 Å². The van der Waals surface area contributed by atoms with Crippen molar-refractivity contribution in [2.24, 2.45) is 0 Å². The number of nitrogens with one attached hydrogen (secondary N) is 1. The lowest BCUT2D eigenvalue weighted by Gasteiger charge is -2.15. The zero-order chi connectivity index (χ0) is 18.4. The van der Waals surface area contributed by atoms with Crippen LogP contribution in [0.4, 0.5) is 13.2 Å². The van der Waals surface area contributed by atoms with Gasteiger partial charge < -0.3 is 19.9 Å². The molecule has 1 heterocycles. The molecular weight excluding hydrogens is 341 g/mol. The number of benzene rings is 1. The van der Waals surface area contributed by atoms with Gasteiger partial charge in [-0.2, -0.15) is 13.2 Å². The van der Waals surface area contributed by atoms with Crippen LogP contribution in [-0.4, -0.2) is 35.4 Å². The Morgan fingerprint density at radius 2 is 1.92 bits per heavy atom. The molecule has 2 N–H and O–H groups in total. The summed E-state index contributed by atoms with van der Waals surface area (Å²) in [5.74, 6) is -0.671. The molecule has 134 valence electrons. The topological polar surface area (TPSA) is 80.7 Å². The highest BCUT2D eigenvalue weighted by molar-refractivity contribution is 5.81. The fourth-order valence-corrected chi connectivity index (χ4v) is 1.89. The van der Waals surface area contributed by atoms with Crippen LogP contribution < -0.4 is 14.8 Å². The fourth-order valence-electron chi connectivity index (χ4n) is 1.89. The number of rotatable bonds is 6. The maximum Gasteiger partial charge on any atom is 0.423 e. The molecule has 0 aliphatic heterocycles. The molecule has 0 saturated carbocycles. The first kappa shape index (κ1) is 18.5. The first-order valence-corrected chi connectivity index (χ1v) is 7.10. The van der Waals surface area contributed by atoms with Gasteiger partial charge in [0, 0.05) is 18.3 Å². The van der Waals surface area contributed by atoms with E-state index in [1.165, 1.54) is 25.4 Å². The highest BCUT2D eigenvalue weighted by Crippen LogP contribution is 2.31.